The number of likely N-dealkylation sites (N-methyl/N-ethyl adjacent to an activating group) is 1. The number of rotatable bonds is 4. The van der Waals surface area contributed by atoms with Gasteiger partial charge in [0.15, 0.2) is 0 Å². The van der Waals surface area contributed by atoms with E-state index in [1.165, 1.54) is 11.3 Å². The highest BCUT2D eigenvalue weighted by Gasteiger charge is 2.17. The Hall–Kier alpha value is -2.07. The number of aryl methyl sites for hydroxylation is 3. The third kappa shape index (κ3) is 2.72. The smallest absolute Gasteiger partial charge is 0.134 e. The summed E-state index contributed by atoms with van der Waals surface area (Å²) >= 11 is 0. The molecule has 3 aromatic rings. The molecule has 0 bridgehead atoms. The molecule has 0 amide bonds. The predicted octanol–water partition coefficient (Wildman–Crippen LogP) is 3.29. The highest BCUT2D eigenvalue weighted by molar-refractivity contribution is 5.78. The van der Waals surface area contributed by atoms with E-state index in [1.807, 2.05) is 31.8 Å². The van der Waals surface area contributed by atoms with Crippen LogP contribution in [-0.2, 0) is 13.5 Å². The summed E-state index contributed by atoms with van der Waals surface area (Å²) < 4.78 is 7.94. The summed E-state index contributed by atoms with van der Waals surface area (Å²) in [5.41, 5.74) is 4.43. The number of nitrogens with one attached hydrogen (secondary N) is 1. The van der Waals surface area contributed by atoms with E-state index in [9.17, 15) is 0 Å². The van der Waals surface area contributed by atoms with E-state index >= 15 is 0 Å². The fourth-order valence-corrected chi connectivity index (χ4v) is 2.76. The quantitative estimate of drug-likeness (QED) is 0.799. The van der Waals surface area contributed by atoms with E-state index in [2.05, 4.69) is 41.6 Å². The largest absolute Gasteiger partial charge is 0.459 e. The average molecular weight is 283 g/mol. The molecule has 0 spiro atoms. The number of furan rings is 1. The Morgan fingerprint density at radius 1 is 1.24 bits per heavy atom. The van der Waals surface area contributed by atoms with Crippen LogP contribution < -0.4 is 5.32 Å². The molecular formula is C17H21N3O. The molecule has 0 radical (unpaired) electrons. The van der Waals surface area contributed by atoms with Crippen molar-refractivity contribution in [2.24, 2.45) is 7.05 Å². The molecule has 2 heterocycles. The lowest BCUT2D eigenvalue weighted by atomic mass is 10.1. The lowest BCUT2D eigenvalue weighted by Crippen LogP contribution is -2.19. The van der Waals surface area contributed by atoms with Crippen molar-refractivity contribution < 1.29 is 4.42 Å². The number of nitrogens with zero attached hydrogens (tertiary/aromatic N) is 2. The van der Waals surface area contributed by atoms with Gasteiger partial charge in [-0.05, 0) is 45.2 Å². The Bertz CT molecular complexity index is 770. The van der Waals surface area contributed by atoms with Crippen LogP contribution in [0.1, 0.15) is 28.8 Å². The zero-order valence-corrected chi connectivity index (χ0v) is 13.0. The summed E-state index contributed by atoms with van der Waals surface area (Å²) in [6.45, 7) is 4.11. The Labute approximate surface area is 124 Å². The minimum absolute atomic E-state index is 0.146. The number of aromatic nitrogens is 2. The van der Waals surface area contributed by atoms with Crippen molar-refractivity contribution in [3.05, 3.63) is 53.0 Å². The third-order valence-electron chi connectivity index (χ3n) is 3.89. The van der Waals surface area contributed by atoms with Crippen molar-refractivity contribution in [2.45, 2.75) is 26.3 Å². The molecule has 1 N–H and O–H groups in total. The van der Waals surface area contributed by atoms with Crippen molar-refractivity contribution in [3.63, 3.8) is 0 Å². The molecule has 1 aromatic carbocycles. The Balaban J connectivity index is 1.92. The second kappa shape index (κ2) is 5.37. The lowest BCUT2D eigenvalue weighted by Gasteiger charge is -2.13. The summed E-state index contributed by atoms with van der Waals surface area (Å²) in [5, 5.41) is 8.91. The monoisotopic (exact) mass is 283 g/mol. The number of hydrogen-bond acceptors (Lipinski definition) is 3. The van der Waals surface area contributed by atoms with E-state index in [-0.39, 0.29) is 6.04 Å². The van der Waals surface area contributed by atoms with Gasteiger partial charge in [0.2, 0.25) is 0 Å². The first-order valence-corrected chi connectivity index (χ1v) is 7.23. The van der Waals surface area contributed by atoms with Crippen LogP contribution in [0, 0.1) is 13.8 Å². The fraction of sp³-hybridized carbons (Fsp3) is 0.353. The molecule has 1 unspecified atom stereocenters. The van der Waals surface area contributed by atoms with Crippen molar-refractivity contribution >= 4 is 11.0 Å². The first-order chi connectivity index (χ1) is 10.1. The molecule has 1 atom stereocenters. The molecular weight excluding hydrogens is 262 g/mol. The van der Waals surface area contributed by atoms with Gasteiger partial charge in [-0.25, -0.2) is 0 Å². The van der Waals surface area contributed by atoms with Crippen LogP contribution in [0.2, 0.25) is 0 Å². The van der Waals surface area contributed by atoms with Gasteiger partial charge in [-0.1, -0.05) is 11.6 Å². The zero-order valence-electron chi connectivity index (χ0n) is 13.0. The van der Waals surface area contributed by atoms with Gasteiger partial charge in [0.1, 0.15) is 11.3 Å². The topological polar surface area (TPSA) is 43.0 Å². The molecule has 2 aromatic heterocycles. The van der Waals surface area contributed by atoms with E-state index in [1.54, 1.807) is 0 Å². The van der Waals surface area contributed by atoms with Gasteiger partial charge >= 0.3 is 0 Å². The van der Waals surface area contributed by atoms with Gasteiger partial charge in [-0.3, -0.25) is 4.68 Å². The van der Waals surface area contributed by atoms with Crippen LogP contribution in [-0.4, -0.2) is 16.8 Å². The van der Waals surface area contributed by atoms with Gasteiger partial charge in [0, 0.05) is 24.5 Å². The molecule has 0 aliphatic rings. The van der Waals surface area contributed by atoms with E-state index < -0.39 is 0 Å². The lowest BCUT2D eigenvalue weighted by molar-refractivity contribution is 0.443. The molecule has 0 aliphatic heterocycles. The van der Waals surface area contributed by atoms with Gasteiger partial charge in [0.25, 0.3) is 0 Å². The Morgan fingerprint density at radius 3 is 2.71 bits per heavy atom. The first-order valence-electron chi connectivity index (χ1n) is 7.23. The van der Waals surface area contributed by atoms with Crippen LogP contribution in [0.25, 0.3) is 11.0 Å². The fourth-order valence-electron chi connectivity index (χ4n) is 2.76. The second-order valence-corrected chi connectivity index (χ2v) is 5.64. The maximum absolute atomic E-state index is 6.00. The number of benzene rings is 1. The zero-order chi connectivity index (χ0) is 15.0. The molecule has 0 saturated carbocycles. The van der Waals surface area contributed by atoms with Crippen LogP contribution in [0.5, 0.6) is 0 Å². The molecule has 0 aliphatic carbocycles. The predicted molar refractivity (Wildman–Crippen MR) is 84.4 cm³/mol. The number of hydrogen-bond donors (Lipinski definition) is 1. The SMILES string of the molecule is CNC(Cc1cc(C)nn1C)c1cc2cc(C)ccc2o1. The van der Waals surface area contributed by atoms with Crippen LogP contribution in [0.15, 0.2) is 34.7 Å². The van der Waals surface area contributed by atoms with Gasteiger partial charge in [0.05, 0.1) is 11.7 Å². The molecule has 3 rings (SSSR count). The first kappa shape index (κ1) is 13.9. The molecule has 0 fully saturated rings. The molecule has 21 heavy (non-hydrogen) atoms. The Morgan fingerprint density at radius 2 is 2.05 bits per heavy atom. The summed E-state index contributed by atoms with van der Waals surface area (Å²) in [6.07, 6.45) is 0.854. The Kier molecular flexibility index (Phi) is 3.55. The molecule has 110 valence electrons. The highest BCUT2D eigenvalue weighted by Crippen LogP contribution is 2.26. The van der Waals surface area contributed by atoms with Crippen molar-refractivity contribution in [2.75, 3.05) is 7.05 Å². The third-order valence-corrected chi connectivity index (χ3v) is 3.89. The summed E-state index contributed by atoms with van der Waals surface area (Å²) in [7, 11) is 3.95. The normalized spacial score (nSPS) is 13.0. The minimum Gasteiger partial charge on any atom is -0.459 e. The summed E-state index contributed by atoms with van der Waals surface area (Å²) in [4.78, 5) is 0. The maximum Gasteiger partial charge on any atom is 0.134 e. The van der Waals surface area contributed by atoms with Crippen LogP contribution >= 0.6 is 0 Å². The molecule has 0 saturated heterocycles. The number of fused-ring (bicyclic) bond motifs is 1. The summed E-state index contributed by atoms with van der Waals surface area (Å²) in [6, 6.07) is 10.7. The van der Waals surface area contributed by atoms with Gasteiger partial charge < -0.3 is 9.73 Å². The van der Waals surface area contributed by atoms with Crippen molar-refractivity contribution in [3.8, 4) is 0 Å². The maximum atomic E-state index is 6.00. The van der Waals surface area contributed by atoms with Crippen LogP contribution in [0.3, 0.4) is 0 Å². The van der Waals surface area contributed by atoms with E-state index in [0.29, 0.717) is 0 Å². The van der Waals surface area contributed by atoms with Crippen molar-refractivity contribution in [1.29, 1.82) is 0 Å². The summed E-state index contributed by atoms with van der Waals surface area (Å²) in [5.74, 6) is 0.969. The van der Waals surface area contributed by atoms with E-state index in [0.717, 1.165) is 28.8 Å². The van der Waals surface area contributed by atoms with Crippen molar-refractivity contribution in [1.82, 2.24) is 15.1 Å². The standard InChI is InChI=1S/C17H21N3O/c1-11-5-6-16-13(7-11)9-17(21-16)15(18-3)10-14-8-12(2)19-20(14)4/h5-9,15,18H,10H2,1-4H3. The van der Waals surface area contributed by atoms with E-state index in [4.69, 9.17) is 4.42 Å². The highest BCUT2D eigenvalue weighted by atomic mass is 16.3. The van der Waals surface area contributed by atoms with Crippen LogP contribution in [0.4, 0.5) is 0 Å². The minimum atomic E-state index is 0.146. The molecule has 4 nitrogen and oxygen atoms in total. The average Bonchev–Trinajstić information content (AvgIpc) is 2.98. The van der Waals surface area contributed by atoms with Gasteiger partial charge in [-0.15, -0.1) is 0 Å². The molecule has 4 heteroatoms. The second-order valence-electron chi connectivity index (χ2n) is 5.64. The van der Waals surface area contributed by atoms with Gasteiger partial charge in [-0.2, -0.15) is 5.10 Å².